The van der Waals surface area contributed by atoms with Crippen LogP contribution in [0.1, 0.15) is 25.7 Å². The molecule has 2 fully saturated rings. The molecule has 2 aliphatic rings. The fraction of sp³-hybridized carbons (Fsp3) is 0.929. The number of nitrogens with one attached hydrogen (secondary N) is 2. The Labute approximate surface area is 116 Å². The highest BCUT2D eigenvalue weighted by Gasteiger charge is 2.19. The number of carbonyl (C=O) groups excluding carboxylic acids is 1. The molecule has 2 aliphatic heterocycles. The molecule has 1 atom stereocenters. The van der Waals surface area contributed by atoms with Gasteiger partial charge in [0, 0.05) is 25.6 Å². The van der Waals surface area contributed by atoms with E-state index in [-0.39, 0.29) is 11.8 Å². The van der Waals surface area contributed by atoms with Crippen molar-refractivity contribution in [1.29, 1.82) is 0 Å². The Morgan fingerprint density at radius 1 is 1.26 bits per heavy atom. The summed E-state index contributed by atoms with van der Waals surface area (Å²) in [5, 5.41) is 6.44. The lowest BCUT2D eigenvalue weighted by atomic mass is 10.00. The van der Waals surface area contributed by atoms with Gasteiger partial charge in [-0.05, 0) is 45.3 Å². The molecule has 2 heterocycles. The molecule has 2 N–H and O–H groups in total. The van der Waals surface area contributed by atoms with Crippen molar-refractivity contribution in [2.24, 2.45) is 5.92 Å². The van der Waals surface area contributed by atoms with Crippen molar-refractivity contribution in [1.82, 2.24) is 15.5 Å². The smallest absolute Gasteiger partial charge is 0.223 e. The van der Waals surface area contributed by atoms with Crippen LogP contribution in [0.3, 0.4) is 0 Å². The third-order valence-electron chi connectivity index (χ3n) is 4.00. The largest absolute Gasteiger partial charge is 0.379 e. The molecule has 2 saturated heterocycles. The second-order valence-corrected chi connectivity index (χ2v) is 5.48. The van der Waals surface area contributed by atoms with E-state index in [1.54, 1.807) is 0 Å². The summed E-state index contributed by atoms with van der Waals surface area (Å²) in [7, 11) is 0. The Bertz CT molecular complexity index is 259. The van der Waals surface area contributed by atoms with E-state index in [1.807, 2.05) is 0 Å². The summed E-state index contributed by atoms with van der Waals surface area (Å²) >= 11 is 0. The van der Waals surface area contributed by atoms with Crippen LogP contribution < -0.4 is 10.6 Å². The van der Waals surface area contributed by atoms with Crippen LogP contribution in [0.15, 0.2) is 0 Å². The highest BCUT2D eigenvalue weighted by Crippen LogP contribution is 2.13. The molecule has 0 aromatic rings. The summed E-state index contributed by atoms with van der Waals surface area (Å²) in [4.78, 5) is 14.4. The molecule has 110 valence electrons. The molecular weight excluding hydrogens is 242 g/mol. The average Bonchev–Trinajstić information content (AvgIpc) is 2.73. The maximum Gasteiger partial charge on any atom is 0.223 e. The van der Waals surface area contributed by atoms with E-state index in [2.05, 4.69) is 15.5 Å². The van der Waals surface area contributed by atoms with Gasteiger partial charge in [0.2, 0.25) is 5.91 Å². The van der Waals surface area contributed by atoms with Gasteiger partial charge >= 0.3 is 0 Å². The SMILES string of the molecule is O=C(NCCCN1CCOCC1)C1CCCNCC1. The van der Waals surface area contributed by atoms with Gasteiger partial charge in [-0.2, -0.15) is 0 Å². The van der Waals surface area contributed by atoms with Crippen molar-refractivity contribution >= 4 is 5.91 Å². The third kappa shape index (κ3) is 5.47. The van der Waals surface area contributed by atoms with E-state index in [0.717, 1.165) is 78.2 Å². The Balaban J connectivity index is 1.55. The van der Waals surface area contributed by atoms with E-state index < -0.39 is 0 Å². The standard InChI is InChI=1S/C14H27N3O2/c18-14(13-3-1-5-15-7-4-13)16-6-2-8-17-9-11-19-12-10-17/h13,15H,1-12H2,(H,16,18). The van der Waals surface area contributed by atoms with E-state index in [4.69, 9.17) is 4.74 Å². The zero-order valence-corrected chi connectivity index (χ0v) is 11.8. The van der Waals surface area contributed by atoms with Crippen molar-refractivity contribution in [3.05, 3.63) is 0 Å². The summed E-state index contributed by atoms with van der Waals surface area (Å²) in [5.41, 5.74) is 0. The first-order valence-corrected chi connectivity index (χ1v) is 7.65. The minimum absolute atomic E-state index is 0.221. The molecule has 0 aromatic carbocycles. The highest BCUT2D eigenvalue weighted by molar-refractivity contribution is 5.78. The van der Waals surface area contributed by atoms with Crippen LogP contribution in [0.4, 0.5) is 0 Å². The van der Waals surface area contributed by atoms with Gasteiger partial charge in [-0.3, -0.25) is 9.69 Å². The molecule has 0 saturated carbocycles. The van der Waals surface area contributed by atoms with Gasteiger partial charge in [0.05, 0.1) is 13.2 Å². The van der Waals surface area contributed by atoms with Crippen LogP contribution in [0, 0.1) is 5.92 Å². The zero-order chi connectivity index (χ0) is 13.3. The Hall–Kier alpha value is -0.650. The molecule has 1 unspecified atom stereocenters. The average molecular weight is 269 g/mol. The topological polar surface area (TPSA) is 53.6 Å². The van der Waals surface area contributed by atoms with Gasteiger partial charge < -0.3 is 15.4 Å². The quantitative estimate of drug-likeness (QED) is 0.701. The molecule has 5 nitrogen and oxygen atoms in total. The number of morpholine rings is 1. The molecule has 0 spiro atoms. The van der Waals surface area contributed by atoms with Crippen molar-refractivity contribution < 1.29 is 9.53 Å². The molecule has 0 aliphatic carbocycles. The number of carbonyl (C=O) groups is 1. The monoisotopic (exact) mass is 269 g/mol. The molecule has 0 radical (unpaired) electrons. The number of hydrogen-bond acceptors (Lipinski definition) is 4. The van der Waals surface area contributed by atoms with E-state index in [9.17, 15) is 4.79 Å². The Kier molecular flexibility index (Phi) is 6.61. The lowest BCUT2D eigenvalue weighted by molar-refractivity contribution is -0.125. The summed E-state index contributed by atoms with van der Waals surface area (Å²) in [6.07, 6.45) is 4.17. The summed E-state index contributed by atoms with van der Waals surface area (Å²) in [5.74, 6) is 0.476. The van der Waals surface area contributed by atoms with Gasteiger partial charge in [0.25, 0.3) is 0 Å². The van der Waals surface area contributed by atoms with Crippen molar-refractivity contribution in [3.8, 4) is 0 Å². The van der Waals surface area contributed by atoms with Crippen molar-refractivity contribution in [3.63, 3.8) is 0 Å². The summed E-state index contributed by atoms with van der Waals surface area (Å²) in [6.45, 7) is 7.66. The van der Waals surface area contributed by atoms with Crippen LogP contribution >= 0.6 is 0 Å². The second kappa shape index (κ2) is 8.51. The predicted molar refractivity (Wildman–Crippen MR) is 75.1 cm³/mol. The maximum absolute atomic E-state index is 12.0. The molecule has 5 heteroatoms. The minimum Gasteiger partial charge on any atom is -0.379 e. The lowest BCUT2D eigenvalue weighted by Gasteiger charge is -2.26. The first-order chi connectivity index (χ1) is 9.36. The van der Waals surface area contributed by atoms with E-state index in [0.29, 0.717) is 0 Å². The molecule has 0 bridgehead atoms. The first-order valence-electron chi connectivity index (χ1n) is 7.65. The van der Waals surface area contributed by atoms with Gasteiger partial charge in [-0.1, -0.05) is 0 Å². The van der Waals surface area contributed by atoms with Crippen LogP contribution in [0.25, 0.3) is 0 Å². The van der Waals surface area contributed by atoms with Crippen LogP contribution in [0.5, 0.6) is 0 Å². The van der Waals surface area contributed by atoms with Crippen LogP contribution in [-0.2, 0) is 9.53 Å². The highest BCUT2D eigenvalue weighted by atomic mass is 16.5. The number of hydrogen-bond donors (Lipinski definition) is 2. The summed E-state index contributed by atoms with van der Waals surface area (Å²) < 4.78 is 5.32. The predicted octanol–water partition coefficient (Wildman–Crippen LogP) is 0.215. The Morgan fingerprint density at radius 3 is 2.95 bits per heavy atom. The molecule has 19 heavy (non-hydrogen) atoms. The maximum atomic E-state index is 12.0. The minimum atomic E-state index is 0.221. The van der Waals surface area contributed by atoms with Crippen molar-refractivity contribution in [2.75, 3.05) is 52.5 Å². The summed E-state index contributed by atoms with van der Waals surface area (Å²) in [6, 6.07) is 0. The van der Waals surface area contributed by atoms with Gasteiger partial charge in [0.15, 0.2) is 0 Å². The van der Waals surface area contributed by atoms with Gasteiger partial charge in [0.1, 0.15) is 0 Å². The first kappa shape index (κ1) is 14.8. The van der Waals surface area contributed by atoms with E-state index >= 15 is 0 Å². The number of amides is 1. The zero-order valence-electron chi connectivity index (χ0n) is 11.8. The molecule has 1 amide bonds. The Morgan fingerprint density at radius 2 is 2.11 bits per heavy atom. The molecular formula is C14H27N3O2. The number of ether oxygens (including phenoxy) is 1. The normalized spacial score (nSPS) is 25.8. The number of rotatable bonds is 5. The van der Waals surface area contributed by atoms with Crippen LogP contribution in [-0.4, -0.2) is 63.3 Å². The molecule has 2 rings (SSSR count). The van der Waals surface area contributed by atoms with E-state index in [1.165, 1.54) is 0 Å². The molecule has 0 aromatic heterocycles. The van der Waals surface area contributed by atoms with Crippen LogP contribution in [0.2, 0.25) is 0 Å². The third-order valence-corrected chi connectivity index (χ3v) is 4.00. The fourth-order valence-electron chi connectivity index (χ4n) is 2.76. The van der Waals surface area contributed by atoms with Crippen molar-refractivity contribution in [2.45, 2.75) is 25.7 Å². The van der Waals surface area contributed by atoms with Gasteiger partial charge in [-0.25, -0.2) is 0 Å². The van der Waals surface area contributed by atoms with Gasteiger partial charge in [-0.15, -0.1) is 0 Å². The lowest BCUT2D eigenvalue weighted by Crippen LogP contribution is -2.38. The number of nitrogens with zero attached hydrogens (tertiary/aromatic N) is 1. The second-order valence-electron chi connectivity index (χ2n) is 5.48. The fourth-order valence-corrected chi connectivity index (χ4v) is 2.76.